The second-order valence-corrected chi connectivity index (χ2v) is 4.48. The van der Waals surface area contributed by atoms with Crippen LogP contribution in [0.2, 0.25) is 0 Å². The molecular formula is C14H29NaO2. The zero-order valence-electron chi connectivity index (χ0n) is 11.3. The van der Waals surface area contributed by atoms with Crippen molar-refractivity contribution in [2.24, 2.45) is 5.92 Å². The number of ether oxygens (including phenoxy) is 1. The molecule has 0 aliphatic rings. The zero-order valence-corrected chi connectivity index (χ0v) is 11.3. The summed E-state index contributed by atoms with van der Waals surface area (Å²) in [6, 6.07) is 0. The van der Waals surface area contributed by atoms with E-state index in [-0.39, 0.29) is 41.4 Å². The Morgan fingerprint density at radius 2 is 1.65 bits per heavy atom. The molecule has 0 saturated carbocycles. The quantitative estimate of drug-likeness (QED) is 0.337. The summed E-state index contributed by atoms with van der Waals surface area (Å²) >= 11 is 0. The monoisotopic (exact) mass is 252 g/mol. The van der Waals surface area contributed by atoms with Crippen LogP contribution >= 0.6 is 0 Å². The standard InChI is InChI=1S/C14H28O2.Na.H/c1-4-7-9-10-12-16-14(15)13(6-3)11-8-5-2;;/h13H,4-12H2,1-3H3;;. The number of carbonyl (C=O) groups is 1. The Bertz CT molecular complexity index is 172. The fraction of sp³-hybridized carbons (Fsp3) is 0.929. The predicted molar refractivity (Wildman–Crippen MR) is 75.6 cm³/mol. The van der Waals surface area contributed by atoms with Gasteiger partial charge in [0, 0.05) is 0 Å². The van der Waals surface area contributed by atoms with Crippen LogP contribution in [0.25, 0.3) is 0 Å². The van der Waals surface area contributed by atoms with Crippen LogP contribution in [0.15, 0.2) is 0 Å². The molecule has 0 aliphatic carbocycles. The van der Waals surface area contributed by atoms with E-state index in [2.05, 4.69) is 20.8 Å². The SMILES string of the molecule is CCCCCCOC(=O)C(CC)CCCC.[NaH]. The van der Waals surface area contributed by atoms with Crippen molar-refractivity contribution in [1.82, 2.24) is 0 Å². The van der Waals surface area contributed by atoms with Crippen LogP contribution in [0.5, 0.6) is 0 Å². The molecule has 0 fully saturated rings. The number of carbonyl (C=O) groups excluding carboxylic acids is 1. The Balaban J connectivity index is 0. The van der Waals surface area contributed by atoms with Crippen molar-refractivity contribution in [1.29, 1.82) is 0 Å². The van der Waals surface area contributed by atoms with E-state index in [1.54, 1.807) is 0 Å². The average Bonchev–Trinajstić information content (AvgIpc) is 2.30. The molecule has 2 nitrogen and oxygen atoms in total. The normalized spacial score (nSPS) is 11.7. The van der Waals surface area contributed by atoms with Crippen molar-refractivity contribution in [3.05, 3.63) is 0 Å². The molecule has 0 aromatic carbocycles. The van der Waals surface area contributed by atoms with E-state index < -0.39 is 0 Å². The van der Waals surface area contributed by atoms with Gasteiger partial charge in [-0.2, -0.15) is 0 Å². The molecule has 3 heteroatoms. The summed E-state index contributed by atoms with van der Waals surface area (Å²) in [5.74, 6) is 0.151. The molecule has 0 radical (unpaired) electrons. The molecule has 17 heavy (non-hydrogen) atoms. The van der Waals surface area contributed by atoms with Crippen LogP contribution in [-0.2, 0) is 9.53 Å². The van der Waals surface area contributed by atoms with Crippen LogP contribution in [-0.4, -0.2) is 42.1 Å². The topological polar surface area (TPSA) is 26.3 Å². The van der Waals surface area contributed by atoms with Crippen LogP contribution in [0.4, 0.5) is 0 Å². The fourth-order valence-electron chi connectivity index (χ4n) is 1.76. The number of hydrogen-bond donors (Lipinski definition) is 0. The van der Waals surface area contributed by atoms with E-state index in [0.717, 1.165) is 32.1 Å². The minimum atomic E-state index is 0. The van der Waals surface area contributed by atoms with Gasteiger partial charge >= 0.3 is 35.5 Å². The molecule has 1 atom stereocenters. The molecule has 0 heterocycles. The third kappa shape index (κ3) is 11.3. The second-order valence-electron chi connectivity index (χ2n) is 4.48. The van der Waals surface area contributed by atoms with E-state index in [0.29, 0.717) is 6.61 Å². The van der Waals surface area contributed by atoms with Crippen molar-refractivity contribution < 1.29 is 9.53 Å². The first-order valence-electron chi connectivity index (χ1n) is 6.92. The van der Waals surface area contributed by atoms with Crippen molar-refractivity contribution in [2.45, 2.75) is 72.1 Å². The molecule has 0 amide bonds. The molecule has 0 aromatic heterocycles. The molecule has 0 rings (SSSR count). The summed E-state index contributed by atoms with van der Waals surface area (Å²) in [5.41, 5.74) is 0. The van der Waals surface area contributed by atoms with Crippen molar-refractivity contribution in [2.75, 3.05) is 6.61 Å². The Morgan fingerprint density at radius 1 is 1.00 bits per heavy atom. The maximum absolute atomic E-state index is 11.7. The van der Waals surface area contributed by atoms with Crippen molar-refractivity contribution in [3.63, 3.8) is 0 Å². The van der Waals surface area contributed by atoms with Crippen molar-refractivity contribution >= 4 is 35.5 Å². The number of unbranched alkanes of at least 4 members (excludes halogenated alkanes) is 4. The third-order valence-corrected chi connectivity index (χ3v) is 2.97. The first-order chi connectivity index (χ1) is 7.76. The van der Waals surface area contributed by atoms with Crippen molar-refractivity contribution in [3.8, 4) is 0 Å². The van der Waals surface area contributed by atoms with E-state index in [9.17, 15) is 4.79 Å². The van der Waals surface area contributed by atoms with Crippen LogP contribution < -0.4 is 0 Å². The summed E-state index contributed by atoms with van der Waals surface area (Å²) < 4.78 is 5.30. The van der Waals surface area contributed by atoms with E-state index in [1.165, 1.54) is 19.3 Å². The summed E-state index contributed by atoms with van der Waals surface area (Å²) in [6.45, 7) is 7.02. The van der Waals surface area contributed by atoms with Gasteiger partial charge in [-0.15, -0.1) is 0 Å². The first-order valence-corrected chi connectivity index (χ1v) is 6.92. The predicted octanol–water partition coefficient (Wildman–Crippen LogP) is 3.68. The van der Waals surface area contributed by atoms with Crippen LogP contribution in [0.1, 0.15) is 72.1 Å². The summed E-state index contributed by atoms with van der Waals surface area (Å²) in [6.07, 6.45) is 8.84. The number of esters is 1. The zero-order chi connectivity index (χ0) is 12.2. The van der Waals surface area contributed by atoms with Crippen LogP contribution in [0.3, 0.4) is 0 Å². The molecule has 0 aromatic rings. The van der Waals surface area contributed by atoms with E-state index >= 15 is 0 Å². The first kappa shape index (κ1) is 19.8. The summed E-state index contributed by atoms with van der Waals surface area (Å²) in [7, 11) is 0. The molecule has 0 aliphatic heterocycles. The Morgan fingerprint density at radius 3 is 2.18 bits per heavy atom. The summed E-state index contributed by atoms with van der Waals surface area (Å²) in [4.78, 5) is 11.7. The Kier molecular flexibility index (Phi) is 16.9. The van der Waals surface area contributed by atoms with Gasteiger partial charge in [-0.25, -0.2) is 0 Å². The average molecular weight is 252 g/mol. The molecule has 98 valence electrons. The van der Waals surface area contributed by atoms with E-state index in [1.807, 2.05) is 0 Å². The van der Waals surface area contributed by atoms with Gasteiger partial charge in [0.25, 0.3) is 0 Å². The molecule has 0 spiro atoms. The number of hydrogen-bond acceptors (Lipinski definition) is 2. The molecule has 0 bridgehead atoms. The van der Waals surface area contributed by atoms with Gasteiger partial charge in [0.2, 0.25) is 0 Å². The number of rotatable bonds is 10. The van der Waals surface area contributed by atoms with Gasteiger partial charge in [-0.05, 0) is 19.3 Å². The van der Waals surface area contributed by atoms with E-state index in [4.69, 9.17) is 4.74 Å². The molecule has 0 saturated heterocycles. The van der Waals surface area contributed by atoms with Gasteiger partial charge < -0.3 is 4.74 Å². The molecule has 1 unspecified atom stereocenters. The van der Waals surface area contributed by atoms with Crippen LogP contribution in [0, 0.1) is 5.92 Å². The van der Waals surface area contributed by atoms with Gasteiger partial charge in [-0.1, -0.05) is 52.9 Å². The van der Waals surface area contributed by atoms with Gasteiger partial charge in [0.1, 0.15) is 0 Å². The van der Waals surface area contributed by atoms with Gasteiger partial charge in [0.05, 0.1) is 12.5 Å². The minimum absolute atomic E-state index is 0. The second kappa shape index (κ2) is 14.5. The fourth-order valence-corrected chi connectivity index (χ4v) is 1.76. The molecule has 0 N–H and O–H groups in total. The Hall–Kier alpha value is 0.470. The third-order valence-electron chi connectivity index (χ3n) is 2.97. The maximum atomic E-state index is 11.7. The van der Waals surface area contributed by atoms with Gasteiger partial charge in [-0.3, -0.25) is 4.79 Å². The summed E-state index contributed by atoms with van der Waals surface area (Å²) in [5, 5.41) is 0. The van der Waals surface area contributed by atoms with Gasteiger partial charge in [0.15, 0.2) is 0 Å². The Labute approximate surface area is 129 Å². The molecular weight excluding hydrogens is 223 g/mol.